The molecule has 1 atom stereocenters. The molecule has 0 saturated carbocycles. The van der Waals surface area contributed by atoms with E-state index in [-0.39, 0.29) is 23.8 Å². The van der Waals surface area contributed by atoms with Crippen LogP contribution in [0.4, 0.5) is 17.1 Å². The van der Waals surface area contributed by atoms with Crippen LogP contribution in [0.15, 0.2) is 42.5 Å². The van der Waals surface area contributed by atoms with E-state index in [2.05, 4.69) is 26.5 Å². The third kappa shape index (κ3) is 6.49. The minimum Gasteiger partial charge on any atom is -0.495 e. The van der Waals surface area contributed by atoms with Gasteiger partial charge in [-0.25, -0.2) is 0 Å². The number of nitrogens with one attached hydrogen (secondary N) is 2. The summed E-state index contributed by atoms with van der Waals surface area (Å²) in [4.78, 5) is 30.2. The van der Waals surface area contributed by atoms with E-state index in [1.165, 1.54) is 0 Å². The van der Waals surface area contributed by atoms with Crippen LogP contribution in [0.3, 0.4) is 0 Å². The minimum absolute atomic E-state index is 0.0473. The predicted molar refractivity (Wildman–Crippen MR) is 143 cm³/mol. The summed E-state index contributed by atoms with van der Waals surface area (Å²) < 4.78 is 11.2. The zero-order valence-electron chi connectivity index (χ0n) is 21.6. The minimum atomic E-state index is -0.146. The lowest BCUT2D eigenvalue weighted by molar-refractivity contribution is -0.116. The van der Waals surface area contributed by atoms with Crippen molar-refractivity contribution in [3.05, 3.63) is 48.0 Å². The molecule has 2 fully saturated rings. The van der Waals surface area contributed by atoms with Crippen LogP contribution in [0.25, 0.3) is 0 Å². The Morgan fingerprint density at radius 3 is 2.44 bits per heavy atom. The molecular formula is C28H38N4O4. The van der Waals surface area contributed by atoms with Gasteiger partial charge < -0.3 is 29.9 Å². The number of methoxy groups -OCH3 is 1. The van der Waals surface area contributed by atoms with Crippen molar-refractivity contribution < 1.29 is 19.1 Å². The first-order valence-corrected chi connectivity index (χ1v) is 12.9. The summed E-state index contributed by atoms with van der Waals surface area (Å²) in [7, 11) is 1.69. The average molecular weight is 495 g/mol. The zero-order valence-corrected chi connectivity index (χ0v) is 21.6. The molecule has 2 N–H and O–H groups in total. The molecular weight excluding hydrogens is 456 g/mol. The molecule has 1 unspecified atom stereocenters. The summed E-state index contributed by atoms with van der Waals surface area (Å²) in [5.74, 6) is 0.932. The molecule has 0 bridgehead atoms. The number of piperazine rings is 1. The van der Waals surface area contributed by atoms with E-state index >= 15 is 0 Å². The summed E-state index contributed by atoms with van der Waals surface area (Å²) in [5.41, 5.74) is 3.17. The van der Waals surface area contributed by atoms with E-state index < -0.39 is 0 Å². The summed E-state index contributed by atoms with van der Waals surface area (Å²) in [5, 5.41) is 6.01. The van der Waals surface area contributed by atoms with Crippen LogP contribution in [0.1, 0.15) is 43.5 Å². The molecule has 2 aliphatic rings. The van der Waals surface area contributed by atoms with Crippen molar-refractivity contribution in [3.8, 4) is 5.75 Å². The number of carbonyl (C=O) groups is 2. The summed E-state index contributed by atoms with van der Waals surface area (Å²) >= 11 is 0. The predicted octanol–water partition coefficient (Wildman–Crippen LogP) is 3.92. The molecule has 36 heavy (non-hydrogen) atoms. The Morgan fingerprint density at radius 1 is 1.06 bits per heavy atom. The van der Waals surface area contributed by atoms with E-state index in [0.29, 0.717) is 24.2 Å². The number of carbonyl (C=O) groups excluding carboxylic acids is 2. The van der Waals surface area contributed by atoms with Crippen molar-refractivity contribution in [1.82, 2.24) is 5.32 Å². The van der Waals surface area contributed by atoms with Crippen LogP contribution < -0.4 is 25.2 Å². The molecule has 8 heteroatoms. The smallest absolute Gasteiger partial charge is 0.253 e. The van der Waals surface area contributed by atoms with Crippen molar-refractivity contribution in [1.29, 1.82) is 0 Å². The largest absolute Gasteiger partial charge is 0.495 e. The Bertz CT molecular complexity index is 1040. The molecule has 0 spiro atoms. The highest BCUT2D eigenvalue weighted by Gasteiger charge is 2.25. The van der Waals surface area contributed by atoms with Crippen LogP contribution in [0.2, 0.25) is 0 Å². The van der Waals surface area contributed by atoms with Gasteiger partial charge in [0.05, 0.1) is 24.5 Å². The second kappa shape index (κ2) is 12.1. The Hall–Kier alpha value is -3.26. The van der Waals surface area contributed by atoms with Gasteiger partial charge in [-0.05, 0) is 49.1 Å². The molecule has 8 nitrogen and oxygen atoms in total. The van der Waals surface area contributed by atoms with Crippen molar-refractivity contribution in [2.75, 3.05) is 61.6 Å². The molecule has 2 aliphatic heterocycles. The first kappa shape index (κ1) is 25.8. The number of para-hydroxylation sites is 2. The molecule has 2 amide bonds. The van der Waals surface area contributed by atoms with Crippen molar-refractivity contribution in [3.63, 3.8) is 0 Å². The van der Waals surface area contributed by atoms with Crippen LogP contribution in [0.5, 0.6) is 5.75 Å². The molecule has 0 radical (unpaired) electrons. The first-order chi connectivity index (χ1) is 17.4. The number of anilines is 3. The zero-order chi connectivity index (χ0) is 25.5. The molecule has 194 valence electrons. The second-order valence-electron chi connectivity index (χ2n) is 9.87. The van der Waals surface area contributed by atoms with Gasteiger partial charge in [-0.15, -0.1) is 0 Å². The monoisotopic (exact) mass is 494 g/mol. The molecule has 2 aromatic carbocycles. The van der Waals surface area contributed by atoms with E-state index in [9.17, 15) is 9.59 Å². The first-order valence-electron chi connectivity index (χ1n) is 12.9. The van der Waals surface area contributed by atoms with E-state index in [4.69, 9.17) is 9.47 Å². The summed E-state index contributed by atoms with van der Waals surface area (Å²) in [6, 6.07) is 13.7. The number of ether oxygens (including phenoxy) is 2. The number of hydrogen-bond donors (Lipinski definition) is 2. The topological polar surface area (TPSA) is 83.1 Å². The normalized spacial score (nSPS) is 17.8. The third-order valence-electron chi connectivity index (χ3n) is 6.68. The highest BCUT2D eigenvalue weighted by atomic mass is 16.5. The van der Waals surface area contributed by atoms with Gasteiger partial charge in [0.15, 0.2) is 0 Å². The maximum absolute atomic E-state index is 13.3. The van der Waals surface area contributed by atoms with E-state index in [0.717, 1.165) is 62.8 Å². The maximum Gasteiger partial charge on any atom is 0.253 e. The fourth-order valence-electron chi connectivity index (χ4n) is 4.84. The van der Waals surface area contributed by atoms with Crippen molar-refractivity contribution in [2.24, 2.45) is 5.92 Å². The second-order valence-corrected chi connectivity index (χ2v) is 9.87. The number of rotatable bonds is 9. The molecule has 4 rings (SSSR count). The van der Waals surface area contributed by atoms with Crippen molar-refractivity contribution >= 4 is 28.9 Å². The molecule has 0 aromatic heterocycles. The Balaban J connectivity index is 1.50. The Kier molecular flexibility index (Phi) is 8.70. The van der Waals surface area contributed by atoms with Gasteiger partial charge in [-0.1, -0.05) is 26.0 Å². The van der Waals surface area contributed by atoms with Crippen LogP contribution >= 0.6 is 0 Å². The number of hydrogen-bond acceptors (Lipinski definition) is 6. The number of benzene rings is 2. The van der Waals surface area contributed by atoms with Crippen LogP contribution in [0, 0.1) is 5.92 Å². The lowest BCUT2D eigenvalue weighted by Gasteiger charge is -2.38. The van der Waals surface area contributed by atoms with Gasteiger partial charge in [-0.3, -0.25) is 9.59 Å². The molecule has 2 heterocycles. The van der Waals surface area contributed by atoms with E-state index in [1.807, 2.05) is 44.2 Å². The van der Waals surface area contributed by atoms with Crippen LogP contribution in [-0.2, 0) is 9.53 Å². The Morgan fingerprint density at radius 2 is 1.78 bits per heavy atom. The van der Waals surface area contributed by atoms with Crippen molar-refractivity contribution in [2.45, 2.75) is 39.2 Å². The lowest BCUT2D eigenvalue weighted by atomic mass is 10.1. The summed E-state index contributed by atoms with van der Waals surface area (Å²) in [6.45, 7) is 8.42. The van der Waals surface area contributed by atoms with Gasteiger partial charge in [0, 0.05) is 57.1 Å². The summed E-state index contributed by atoms with van der Waals surface area (Å²) in [6.07, 6.45) is 2.49. The SMILES string of the molecule is COc1ccccc1N1CCN(c2ccc(NC(=O)CC(C)C)cc2C(=O)NCC2CCCO2)CC1. The van der Waals surface area contributed by atoms with Gasteiger partial charge in [0.1, 0.15) is 5.75 Å². The number of nitrogens with zero attached hydrogens (tertiary/aromatic N) is 2. The highest BCUT2D eigenvalue weighted by Crippen LogP contribution is 2.31. The van der Waals surface area contributed by atoms with E-state index in [1.54, 1.807) is 13.2 Å². The fourth-order valence-corrected chi connectivity index (χ4v) is 4.84. The lowest BCUT2D eigenvalue weighted by Crippen LogP contribution is -2.47. The van der Waals surface area contributed by atoms with Gasteiger partial charge >= 0.3 is 0 Å². The third-order valence-corrected chi connectivity index (χ3v) is 6.68. The van der Waals surface area contributed by atoms with Crippen LogP contribution in [-0.4, -0.2) is 64.4 Å². The quantitative estimate of drug-likeness (QED) is 0.550. The Labute approximate surface area is 213 Å². The molecule has 2 saturated heterocycles. The highest BCUT2D eigenvalue weighted by molar-refractivity contribution is 6.02. The molecule has 2 aromatic rings. The maximum atomic E-state index is 13.3. The molecule has 0 aliphatic carbocycles. The van der Waals surface area contributed by atoms with Gasteiger partial charge in [-0.2, -0.15) is 0 Å². The number of amides is 2. The fraction of sp³-hybridized carbons (Fsp3) is 0.500. The average Bonchev–Trinajstić information content (AvgIpc) is 3.40. The van der Waals surface area contributed by atoms with Gasteiger partial charge in [0.25, 0.3) is 5.91 Å². The van der Waals surface area contributed by atoms with Gasteiger partial charge in [0.2, 0.25) is 5.91 Å². The standard InChI is InChI=1S/C28H38N4O4/c1-20(2)17-27(33)30-21-10-11-24(23(18-21)28(34)29-19-22-7-6-16-36-22)31-12-14-32(15-13-31)25-8-4-5-9-26(25)35-3/h4-5,8-11,18,20,22H,6-7,12-17,19H2,1-3H3,(H,29,34)(H,30,33).